The number of hydrogen-bond acceptors (Lipinski definition) is 4. The monoisotopic (exact) mass is 392 g/mol. The molecular formula is C23H24N2O2S. The summed E-state index contributed by atoms with van der Waals surface area (Å²) >= 11 is 1.74. The number of ether oxygens (including phenoxy) is 1. The number of para-hydroxylation sites is 1. The number of aryl methyl sites for hydroxylation is 2. The molecule has 1 N–H and O–H groups in total. The van der Waals surface area contributed by atoms with Crippen molar-refractivity contribution in [2.45, 2.75) is 38.7 Å². The summed E-state index contributed by atoms with van der Waals surface area (Å²) in [7, 11) is 0. The molecule has 1 amide bonds. The fraction of sp³-hybridized carbons (Fsp3) is 0.304. The number of fused-ring (bicyclic) bond motifs is 1. The number of hydrogen-bond donors (Lipinski definition) is 1. The van der Waals surface area contributed by atoms with E-state index in [1.165, 1.54) is 10.4 Å². The third-order valence-corrected chi connectivity index (χ3v) is 5.89. The fourth-order valence-corrected chi connectivity index (χ4v) is 4.23. The van der Waals surface area contributed by atoms with Gasteiger partial charge in [-0.05, 0) is 54.5 Å². The van der Waals surface area contributed by atoms with Crippen LogP contribution in [0.1, 0.15) is 28.8 Å². The Kier molecular flexibility index (Phi) is 5.72. The van der Waals surface area contributed by atoms with E-state index < -0.39 is 0 Å². The van der Waals surface area contributed by atoms with Crippen LogP contribution in [0.2, 0.25) is 0 Å². The first-order valence-corrected chi connectivity index (χ1v) is 10.6. The summed E-state index contributed by atoms with van der Waals surface area (Å²) in [5.41, 5.74) is 4.25. The van der Waals surface area contributed by atoms with E-state index in [1.54, 1.807) is 11.3 Å². The van der Waals surface area contributed by atoms with Crippen LogP contribution in [0.4, 0.5) is 0 Å². The molecule has 3 aromatic rings. The first kappa shape index (κ1) is 18.7. The van der Waals surface area contributed by atoms with E-state index in [-0.39, 0.29) is 12.0 Å². The number of rotatable bonds is 7. The number of amides is 1. The van der Waals surface area contributed by atoms with Gasteiger partial charge in [-0.2, -0.15) is 0 Å². The molecule has 1 atom stereocenters. The van der Waals surface area contributed by atoms with Crippen molar-refractivity contribution < 1.29 is 9.53 Å². The van der Waals surface area contributed by atoms with Crippen LogP contribution in [-0.2, 0) is 17.6 Å². The molecule has 0 saturated heterocycles. The van der Waals surface area contributed by atoms with Gasteiger partial charge in [0.05, 0.1) is 12.2 Å². The molecule has 1 aromatic carbocycles. The van der Waals surface area contributed by atoms with E-state index in [2.05, 4.69) is 39.9 Å². The second kappa shape index (κ2) is 8.57. The lowest BCUT2D eigenvalue weighted by atomic mass is 10.0. The molecule has 1 aliphatic heterocycles. The molecule has 28 heavy (non-hydrogen) atoms. The van der Waals surface area contributed by atoms with E-state index in [1.807, 2.05) is 31.3 Å². The Bertz CT molecular complexity index is 936. The van der Waals surface area contributed by atoms with Crippen LogP contribution in [-0.4, -0.2) is 23.5 Å². The van der Waals surface area contributed by atoms with E-state index in [0.29, 0.717) is 13.0 Å². The lowest BCUT2D eigenvalue weighted by Crippen LogP contribution is -2.34. The highest BCUT2D eigenvalue weighted by molar-refractivity contribution is 7.09. The van der Waals surface area contributed by atoms with Crippen LogP contribution >= 0.6 is 11.3 Å². The molecule has 0 unspecified atom stereocenters. The molecule has 0 aliphatic carbocycles. The molecule has 0 spiro atoms. The molecule has 5 heteroatoms. The number of thiophene rings is 1. The lowest BCUT2D eigenvalue weighted by Gasteiger charge is -2.13. The highest BCUT2D eigenvalue weighted by atomic mass is 32.1. The van der Waals surface area contributed by atoms with Gasteiger partial charge in [-0.3, -0.25) is 9.78 Å². The van der Waals surface area contributed by atoms with Crippen LogP contribution in [0, 0.1) is 6.92 Å². The third-order valence-electron chi connectivity index (χ3n) is 4.95. The first-order valence-electron chi connectivity index (χ1n) is 9.70. The molecule has 144 valence electrons. The molecule has 0 saturated carbocycles. The second-order valence-corrected chi connectivity index (χ2v) is 8.23. The maximum Gasteiger partial charge on any atom is 0.220 e. The van der Waals surface area contributed by atoms with Gasteiger partial charge in [0.1, 0.15) is 11.9 Å². The van der Waals surface area contributed by atoms with Gasteiger partial charge in [0.15, 0.2) is 0 Å². The van der Waals surface area contributed by atoms with Gasteiger partial charge in [-0.25, -0.2) is 0 Å². The van der Waals surface area contributed by atoms with Gasteiger partial charge < -0.3 is 10.1 Å². The summed E-state index contributed by atoms with van der Waals surface area (Å²) in [5.74, 6) is 0.993. The number of carbonyl (C=O) groups excluding carboxylic acids is 1. The van der Waals surface area contributed by atoms with Crippen molar-refractivity contribution in [1.82, 2.24) is 10.3 Å². The fourth-order valence-electron chi connectivity index (χ4n) is 3.48. The van der Waals surface area contributed by atoms with Gasteiger partial charge in [0.2, 0.25) is 5.91 Å². The number of nitrogens with one attached hydrogen (secondary N) is 1. The maximum atomic E-state index is 12.1. The quantitative estimate of drug-likeness (QED) is 0.641. The number of benzene rings is 1. The minimum absolute atomic E-state index is 0.0251. The standard InChI is InChI=1S/C23H24N2O2S/c1-16-10-11-21(24-14-16)20-8-2-5-17-13-18(27-23(17)20)15-25-22(26)9-3-6-19-7-4-12-28-19/h2,4-5,7-8,10-12,14,18H,3,6,9,13,15H2,1H3,(H,25,26)/t18-/m1/s1. The zero-order valence-corrected chi connectivity index (χ0v) is 16.8. The van der Waals surface area contributed by atoms with Crippen molar-refractivity contribution in [3.63, 3.8) is 0 Å². The average Bonchev–Trinajstić information content (AvgIpc) is 3.36. The predicted octanol–water partition coefficient (Wildman–Crippen LogP) is 4.56. The summed E-state index contributed by atoms with van der Waals surface area (Å²) in [4.78, 5) is 18.0. The first-order chi connectivity index (χ1) is 13.7. The van der Waals surface area contributed by atoms with Gasteiger partial charge >= 0.3 is 0 Å². The van der Waals surface area contributed by atoms with Crippen LogP contribution < -0.4 is 10.1 Å². The summed E-state index contributed by atoms with van der Waals surface area (Å²) in [6.07, 6.45) is 5.05. The van der Waals surface area contributed by atoms with Crippen LogP contribution in [0.3, 0.4) is 0 Å². The summed E-state index contributed by atoms with van der Waals surface area (Å²) in [5, 5.41) is 5.10. The highest BCUT2D eigenvalue weighted by Crippen LogP contribution is 2.37. The Morgan fingerprint density at radius 3 is 2.96 bits per heavy atom. The summed E-state index contributed by atoms with van der Waals surface area (Å²) in [6, 6.07) is 14.4. The van der Waals surface area contributed by atoms with E-state index in [4.69, 9.17) is 4.74 Å². The molecule has 0 fully saturated rings. The van der Waals surface area contributed by atoms with E-state index >= 15 is 0 Å². The minimum atomic E-state index is -0.0251. The average molecular weight is 393 g/mol. The molecular weight excluding hydrogens is 368 g/mol. The second-order valence-electron chi connectivity index (χ2n) is 7.20. The predicted molar refractivity (Wildman–Crippen MR) is 113 cm³/mol. The highest BCUT2D eigenvalue weighted by Gasteiger charge is 2.26. The summed E-state index contributed by atoms with van der Waals surface area (Å²) in [6.45, 7) is 2.56. The van der Waals surface area contributed by atoms with Gasteiger partial charge in [0.25, 0.3) is 0 Å². The Balaban J connectivity index is 1.30. The molecule has 4 rings (SSSR count). The summed E-state index contributed by atoms with van der Waals surface area (Å²) < 4.78 is 6.18. The Hall–Kier alpha value is -2.66. The number of pyridine rings is 1. The van der Waals surface area contributed by atoms with Crippen molar-refractivity contribution in [3.8, 4) is 17.0 Å². The van der Waals surface area contributed by atoms with Crippen LogP contribution in [0.25, 0.3) is 11.3 Å². The van der Waals surface area contributed by atoms with Crippen molar-refractivity contribution >= 4 is 17.2 Å². The topological polar surface area (TPSA) is 51.2 Å². The normalized spacial score (nSPS) is 15.1. The number of carbonyl (C=O) groups is 1. The number of nitrogens with zero attached hydrogens (tertiary/aromatic N) is 1. The van der Waals surface area contributed by atoms with E-state index in [0.717, 1.165) is 41.8 Å². The molecule has 2 aromatic heterocycles. The van der Waals surface area contributed by atoms with Crippen molar-refractivity contribution in [2.24, 2.45) is 0 Å². The Morgan fingerprint density at radius 2 is 2.18 bits per heavy atom. The van der Waals surface area contributed by atoms with Crippen molar-refractivity contribution in [3.05, 3.63) is 70.0 Å². The van der Waals surface area contributed by atoms with E-state index in [9.17, 15) is 4.79 Å². The van der Waals surface area contributed by atoms with Gasteiger partial charge in [0, 0.05) is 29.5 Å². The Labute approximate surface area is 169 Å². The third kappa shape index (κ3) is 4.42. The largest absolute Gasteiger partial charge is 0.487 e. The zero-order valence-electron chi connectivity index (χ0n) is 16.0. The molecule has 3 heterocycles. The van der Waals surface area contributed by atoms with Crippen LogP contribution in [0.5, 0.6) is 5.75 Å². The number of aromatic nitrogens is 1. The maximum absolute atomic E-state index is 12.1. The molecule has 4 nitrogen and oxygen atoms in total. The van der Waals surface area contributed by atoms with Crippen molar-refractivity contribution in [1.29, 1.82) is 0 Å². The SMILES string of the molecule is Cc1ccc(-c2cccc3c2O[C@@H](CNC(=O)CCCc2cccs2)C3)nc1. The molecule has 1 aliphatic rings. The molecule has 0 bridgehead atoms. The zero-order chi connectivity index (χ0) is 19.3. The van der Waals surface area contributed by atoms with Crippen LogP contribution in [0.15, 0.2) is 54.0 Å². The van der Waals surface area contributed by atoms with Gasteiger partial charge in [-0.15, -0.1) is 11.3 Å². The van der Waals surface area contributed by atoms with Crippen molar-refractivity contribution in [2.75, 3.05) is 6.54 Å². The molecule has 0 radical (unpaired) electrons. The Morgan fingerprint density at radius 1 is 1.25 bits per heavy atom. The minimum Gasteiger partial charge on any atom is -0.487 e. The lowest BCUT2D eigenvalue weighted by molar-refractivity contribution is -0.121. The van der Waals surface area contributed by atoms with Gasteiger partial charge in [-0.1, -0.05) is 24.3 Å². The smallest absolute Gasteiger partial charge is 0.220 e.